The zero-order chi connectivity index (χ0) is 30.6. The van der Waals surface area contributed by atoms with Gasteiger partial charge in [-0.25, -0.2) is 0 Å². The molecular formula is C40H56. The van der Waals surface area contributed by atoms with Gasteiger partial charge in [0.1, 0.15) is 0 Å². The summed E-state index contributed by atoms with van der Waals surface area (Å²) in [6, 6.07) is 44.3. The highest BCUT2D eigenvalue weighted by atomic mass is 14.2. The van der Waals surface area contributed by atoms with Gasteiger partial charge in [-0.1, -0.05) is 202 Å². The SMILES string of the molecule is CC.CC.CC.CC.CC.Cc1ccccc1.c1ccc2c(c1)Cc1ccccc1-2.c1ccc2ccccc2c1. The van der Waals surface area contributed by atoms with Crippen LogP contribution in [-0.2, 0) is 6.42 Å². The third kappa shape index (κ3) is 13.9. The smallest absolute Gasteiger partial charge is 0.00135 e. The lowest BCUT2D eigenvalue weighted by Gasteiger charge is -1.98. The van der Waals surface area contributed by atoms with Gasteiger partial charge in [0.05, 0.1) is 0 Å². The van der Waals surface area contributed by atoms with Crippen molar-refractivity contribution in [1.82, 2.24) is 0 Å². The van der Waals surface area contributed by atoms with Crippen molar-refractivity contribution in [1.29, 1.82) is 0 Å². The molecule has 0 heterocycles. The Balaban J connectivity index is 0. The standard InChI is InChI=1S/C13H10.C10H8.C7H8.5C2H6/c1-3-7-12-10(5-1)9-11-6-2-4-8-13(11)12;1-2-6-10-8-4-3-7-9(10)5-1;1-7-5-3-2-4-6-7;5*1-2/h1-8H,9H2;1-8H;2-6H,1H3;5*1-2H3. The van der Waals surface area contributed by atoms with Gasteiger partial charge in [-0.15, -0.1) is 0 Å². The van der Waals surface area contributed by atoms with Crippen molar-refractivity contribution in [3.8, 4) is 11.1 Å². The third-order valence-electron chi connectivity index (χ3n) is 5.30. The zero-order valence-corrected chi connectivity index (χ0v) is 27.3. The van der Waals surface area contributed by atoms with Crippen molar-refractivity contribution in [2.75, 3.05) is 0 Å². The number of aryl methyl sites for hydroxylation is 1. The molecule has 40 heavy (non-hydrogen) atoms. The molecule has 0 saturated carbocycles. The Kier molecular flexibility index (Phi) is 25.9. The van der Waals surface area contributed by atoms with E-state index in [1.807, 2.05) is 87.4 Å². The van der Waals surface area contributed by atoms with E-state index in [1.54, 1.807) is 0 Å². The summed E-state index contributed by atoms with van der Waals surface area (Å²) >= 11 is 0. The fraction of sp³-hybridized carbons (Fsp3) is 0.300. The van der Waals surface area contributed by atoms with Gasteiger partial charge in [0, 0.05) is 0 Å². The molecule has 0 aromatic heterocycles. The van der Waals surface area contributed by atoms with Crippen LogP contribution in [0.3, 0.4) is 0 Å². The van der Waals surface area contributed by atoms with Crippen molar-refractivity contribution in [3.63, 3.8) is 0 Å². The highest BCUT2D eigenvalue weighted by molar-refractivity contribution is 5.82. The Labute approximate surface area is 248 Å². The first-order valence-corrected chi connectivity index (χ1v) is 15.4. The summed E-state index contributed by atoms with van der Waals surface area (Å²) in [4.78, 5) is 0. The summed E-state index contributed by atoms with van der Waals surface area (Å²) < 4.78 is 0. The summed E-state index contributed by atoms with van der Waals surface area (Å²) in [5.41, 5.74) is 7.08. The summed E-state index contributed by atoms with van der Waals surface area (Å²) in [6.45, 7) is 22.1. The average Bonchev–Trinajstić information content (AvgIpc) is 3.46. The van der Waals surface area contributed by atoms with E-state index in [0.29, 0.717) is 0 Å². The maximum Gasteiger partial charge on any atom is -0.00135 e. The average molecular weight is 537 g/mol. The van der Waals surface area contributed by atoms with Crippen LogP contribution in [0.2, 0.25) is 0 Å². The highest BCUT2D eigenvalue weighted by Crippen LogP contribution is 2.35. The molecule has 0 saturated heterocycles. The normalized spacial score (nSPS) is 8.78. The largest absolute Gasteiger partial charge is 0.0683 e. The van der Waals surface area contributed by atoms with Crippen molar-refractivity contribution in [3.05, 3.63) is 144 Å². The van der Waals surface area contributed by atoms with Gasteiger partial charge < -0.3 is 0 Å². The number of hydrogen-bond donors (Lipinski definition) is 0. The van der Waals surface area contributed by atoms with Gasteiger partial charge >= 0.3 is 0 Å². The second kappa shape index (κ2) is 26.9. The zero-order valence-electron chi connectivity index (χ0n) is 27.3. The molecule has 0 heteroatoms. The highest BCUT2D eigenvalue weighted by Gasteiger charge is 2.15. The molecule has 0 radical (unpaired) electrons. The Morgan fingerprint density at radius 3 is 0.900 bits per heavy atom. The maximum atomic E-state index is 2.22. The Hall–Kier alpha value is -3.64. The lowest BCUT2D eigenvalue weighted by atomic mass is 10.1. The second-order valence-corrected chi connectivity index (χ2v) is 7.49. The molecule has 0 spiro atoms. The number of fused-ring (bicyclic) bond motifs is 4. The first kappa shape index (κ1) is 38.5. The molecule has 5 aromatic rings. The molecule has 0 nitrogen and oxygen atoms in total. The van der Waals surface area contributed by atoms with E-state index in [1.165, 1.54) is 38.6 Å². The fourth-order valence-electron chi connectivity index (χ4n) is 3.75. The van der Waals surface area contributed by atoms with Crippen LogP contribution in [0.1, 0.15) is 85.9 Å². The van der Waals surface area contributed by atoms with E-state index < -0.39 is 0 Å². The Morgan fingerprint density at radius 1 is 0.325 bits per heavy atom. The minimum absolute atomic E-state index is 1.10. The van der Waals surface area contributed by atoms with Crippen LogP contribution in [0.25, 0.3) is 21.9 Å². The quantitative estimate of drug-likeness (QED) is 0.181. The van der Waals surface area contributed by atoms with Crippen LogP contribution in [0.15, 0.2) is 127 Å². The summed E-state index contributed by atoms with van der Waals surface area (Å²) in [5.74, 6) is 0. The van der Waals surface area contributed by atoms with Crippen molar-refractivity contribution < 1.29 is 0 Å². The minimum Gasteiger partial charge on any atom is -0.0683 e. The molecule has 5 aromatic carbocycles. The summed E-state index contributed by atoms with van der Waals surface area (Å²) in [6.07, 6.45) is 1.10. The third-order valence-corrected chi connectivity index (χ3v) is 5.30. The summed E-state index contributed by atoms with van der Waals surface area (Å²) in [7, 11) is 0. The minimum atomic E-state index is 1.10. The van der Waals surface area contributed by atoms with E-state index in [2.05, 4.69) is 116 Å². The summed E-state index contributed by atoms with van der Waals surface area (Å²) in [5, 5.41) is 2.62. The van der Waals surface area contributed by atoms with Crippen molar-refractivity contribution in [2.24, 2.45) is 0 Å². The molecule has 0 N–H and O–H groups in total. The van der Waals surface area contributed by atoms with E-state index in [9.17, 15) is 0 Å². The van der Waals surface area contributed by atoms with E-state index in [-0.39, 0.29) is 0 Å². The molecule has 1 aliphatic rings. The van der Waals surface area contributed by atoms with Crippen molar-refractivity contribution >= 4 is 10.8 Å². The molecule has 216 valence electrons. The molecule has 0 unspecified atom stereocenters. The fourth-order valence-corrected chi connectivity index (χ4v) is 3.75. The van der Waals surface area contributed by atoms with Crippen LogP contribution in [0, 0.1) is 6.92 Å². The first-order chi connectivity index (χ1) is 19.8. The predicted octanol–water partition coefficient (Wildman–Crippen LogP) is 13.2. The number of rotatable bonds is 0. The maximum absolute atomic E-state index is 2.22. The molecular weight excluding hydrogens is 480 g/mol. The Morgan fingerprint density at radius 2 is 0.600 bits per heavy atom. The monoisotopic (exact) mass is 536 g/mol. The molecule has 0 aliphatic heterocycles. The molecule has 0 bridgehead atoms. The van der Waals surface area contributed by atoms with Crippen LogP contribution in [0.4, 0.5) is 0 Å². The van der Waals surface area contributed by atoms with E-state index in [4.69, 9.17) is 0 Å². The van der Waals surface area contributed by atoms with E-state index in [0.717, 1.165) is 6.42 Å². The lowest BCUT2D eigenvalue weighted by molar-refractivity contribution is 1.26. The van der Waals surface area contributed by atoms with Gasteiger partial charge in [-0.3, -0.25) is 0 Å². The van der Waals surface area contributed by atoms with Gasteiger partial charge in [0.15, 0.2) is 0 Å². The first-order valence-electron chi connectivity index (χ1n) is 15.4. The van der Waals surface area contributed by atoms with Gasteiger partial charge in [-0.2, -0.15) is 0 Å². The number of hydrogen-bond acceptors (Lipinski definition) is 0. The number of benzene rings is 5. The lowest BCUT2D eigenvalue weighted by Crippen LogP contribution is -1.77. The second-order valence-electron chi connectivity index (χ2n) is 7.49. The van der Waals surface area contributed by atoms with Crippen molar-refractivity contribution in [2.45, 2.75) is 82.6 Å². The molecule has 0 amide bonds. The van der Waals surface area contributed by atoms with Gasteiger partial charge in [-0.05, 0) is 46.4 Å². The van der Waals surface area contributed by atoms with Crippen LogP contribution in [0.5, 0.6) is 0 Å². The van der Waals surface area contributed by atoms with Crippen LogP contribution >= 0.6 is 0 Å². The van der Waals surface area contributed by atoms with Gasteiger partial charge in [0.2, 0.25) is 0 Å². The van der Waals surface area contributed by atoms with Crippen LogP contribution < -0.4 is 0 Å². The molecule has 0 fully saturated rings. The Bertz CT molecular complexity index is 1110. The molecule has 6 rings (SSSR count). The predicted molar refractivity (Wildman–Crippen MR) is 187 cm³/mol. The van der Waals surface area contributed by atoms with Crippen LogP contribution in [-0.4, -0.2) is 0 Å². The van der Waals surface area contributed by atoms with Gasteiger partial charge in [0.25, 0.3) is 0 Å². The molecule has 0 atom stereocenters. The van der Waals surface area contributed by atoms with E-state index >= 15 is 0 Å². The topological polar surface area (TPSA) is 0 Å². The molecule has 1 aliphatic carbocycles.